The number of carbonyl (C=O) groups excluding carboxylic acids is 1. The Kier molecular flexibility index (Phi) is 24.5. The van der Waals surface area contributed by atoms with Gasteiger partial charge in [0.2, 0.25) is 5.91 Å². The molecule has 0 heterocycles. The van der Waals surface area contributed by atoms with E-state index in [1.807, 2.05) is 0 Å². The van der Waals surface area contributed by atoms with Crippen LogP contribution < -0.4 is 5.32 Å². The lowest BCUT2D eigenvalue weighted by Gasteiger charge is -2.26. The van der Waals surface area contributed by atoms with Gasteiger partial charge in [-0.2, -0.15) is 0 Å². The monoisotopic (exact) mass is 483 g/mol. The van der Waals surface area contributed by atoms with Gasteiger partial charge in [0.25, 0.3) is 0 Å². The van der Waals surface area contributed by atoms with Crippen molar-refractivity contribution in [1.82, 2.24) is 5.32 Å². The van der Waals surface area contributed by atoms with E-state index < -0.39 is 18.2 Å². The van der Waals surface area contributed by atoms with Crippen molar-refractivity contribution in [2.75, 3.05) is 6.61 Å². The Labute approximate surface area is 210 Å². The molecule has 34 heavy (non-hydrogen) atoms. The second-order valence-electron chi connectivity index (χ2n) is 9.95. The molecule has 0 aromatic heterocycles. The summed E-state index contributed by atoms with van der Waals surface area (Å²) in [5, 5.41) is 32.9. The van der Waals surface area contributed by atoms with Crippen LogP contribution in [0.15, 0.2) is 12.2 Å². The number of rotatable bonds is 25. The highest BCUT2D eigenvalue weighted by Gasteiger charge is 2.26. The highest BCUT2D eigenvalue weighted by Crippen LogP contribution is 2.13. The summed E-state index contributed by atoms with van der Waals surface area (Å²) in [7, 11) is 0. The van der Waals surface area contributed by atoms with Gasteiger partial charge in [0, 0.05) is 6.42 Å². The van der Waals surface area contributed by atoms with Crippen LogP contribution in [0.5, 0.6) is 0 Å². The lowest BCUT2D eigenvalue weighted by molar-refractivity contribution is -0.124. The molecule has 0 aromatic carbocycles. The van der Waals surface area contributed by atoms with E-state index in [0.717, 1.165) is 38.5 Å². The minimum absolute atomic E-state index is 0.160. The fourth-order valence-corrected chi connectivity index (χ4v) is 4.28. The average molecular weight is 484 g/mol. The molecule has 0 fully saturated rings. The molecule has 0 rings (SSSR count). The summed E-state index contributed by atoms with van der Waals surface area (Å²) in [6.07, 6.45) is 24.5. The Morgan fingerprint density at radius 2 is 1.18 bits per heavy atom. The van der Waals surface area contributed by atoms with Gasteiger partial charge in [0.1, 0.15) is 6.10 Å². The molecule has 0 aromatic rings. The highest BCUT2D eigenvalue weighted by molar-refractivity contribution is 5.76. The van der Waals surface area contributed by atoms with Gasteiger partial charge in [-0.05, 0) is 38.5 Å². The van der Waals surface area contributed by atoms with E-state index in [2.05, 4.69) is 31.3 Å². The molecule has 0 aliphatic heterocycles. The smallest absolute Gasteiger partial charge is 0.220 e. The van der Waals surface area contributed by atoms with Crippen LogP contribution in [-0.2, 0) is 4.79 Å². The predicted octanol–water partition coefficient (Wildman–Crippen LogP) is 6.58. The topological polar surface area (TPSA) is 89.8 Å². The van der Waals surface area contributed by atoms with Crippen LogP contribution >= 0.6 is 0 Å². The zero-order valence-electron chi connectivity index (χ0n) is 22.5. The minimum atomic E-state index is -1.15. The van der Waals surface area contributed by atoms with Gasteiger partial charge >= 0.3 is 0 Å². The van der Waals surface area contributed by atoms with Crippen LogP contribution in [0.25, 0.3) is 0 Å². The number of aliphatic hydroxyl groups excluding tert-OH is 3. The molecule has 5 heteroatoms. The third kappa shape index (κ3) is 20.5. The van der Waals surface area contributed by atoms with E-state index in [4.69, 9.17) is 0 Å². The molecule has 0 radical (unpaired) electrons. The first kappa shape index (κ1) is 33.1. The predicted molar refractivity (Wildman–Crippen MR) is 144 cm³/mol. The molecule has 0 aliphatic rings. The van der Waals surface area contributed by atoms with E-state index in [0.29, 0.717) is 12.8 Å². The molecule has 1 amide bonds. The second-order valence-corrected chi connectivity index (χ2v) is 9.95. The van der Waals surface area contributed by atoms with Gasteiger partial charge in [-0.3, -0.25) is 4.79 Å². The summed E-state index contributed by atoms with van der Waals surface area (Å²) in [6, 6.07) is -0.815. The van der Waals surface area contributed by atoms with Gasteiger partial charge in [-0.25, -0.2) is 0 Å². The third-order valence-electron chi connectivity index (χ3n) is 6.62. The number of hydrogen-bond donors (Lipinski definition) is 4. The summed E-state index contributed by atoms with van der Waals surface area (Å²) >= 11 is 0. The van der Waals surface area contributed by atoms with Gasteiger partial charge < -0.3 is 20.6 Å². The van der Waals surface area contributed by atoms with Gasteiger partial charge in [0.05, 0.1) is 18.8 Å². The average Bonchev–Trinajstić information content (AvgIpc) is 2.84. The fourth-order valence-electron chi connectivity index (χ4n) is 4.28. The first-order chi connectivity index (χ1) is 16.6. The molecular weight excluding hydrogens is 426 g/mol. The largest absolute Gasteiger partial charge is 0.394 e. The van der Waals surface area contributed by atoms with E-state index >= 15 is 0 Å². The van der Waals surface area contributed by atoms with Crippen molar-refractivity contribution < 1.29 is 20.1 Å². The summed E-state index contributed by atoms with van der Waals surface area (Å²) in [4.78, 5) is 12.2. The molecule has 3 unspecified atom stereocenters. The third-order valence-corrected chi connectivity index (χ3v) is 6.62. The van der Waals surface area contributed by atoms with Crippen molar-refractivity contribution in [2.24, 2.45) is 0 Å². The Morgan fingerprint density at radius 3 is 1.71 bits per heavy atom. The van der Waals surface area contributed by atoms with Gasteiger partial charge in [0.15, 0.2) is 0 Å². The molecule has 0 aliphatic carbocycles. The van der Waals surface area contributed by atoms with E-state index in [9.17, 15) is 20.1 Å². The maximum atomic E-state index is 12.2. The maximum Gasteiger partial charge on any atom is 0.220 e. The lowest BCUT2D eigenvalue weighted by atomic mass is 10.0. The van der Waals surface area contributed by atoms with Crippen LogP contribution in [-0.4, -0.2) is 46.1 Å². The van der Waals surface area contributed by atoms with Crippen molar-refractivity contribution in [3.05, 3.63) is 12.2 Å². The minimum Gasteiger partial charge on any atom is -0.394 e. The SMILES string of the molecule is CCCCC/C=C/CCCC(O)C(O)C(CO)NC(=O)CCCCCCCCCCCCCC. The van der Waals surface area contributed by atoms with E-state index in [1.165, 1.54) is 77.0 Å². The normalized spacial score (nSPS) is 14.4. The molecule has 0 bridgehead atoms. The van der Waals surface area contributed by atoms with Gasteiger partial charge in [-0.15, -0.1) is 0 Å². The first-order valence-corrected chi connectivity index (χ1v) is 14.5. The molecule has 202 valence electrons. The Balaban J connectivity index is 3.80. The van der Waals surface area contributed by atoms with E-state index in [1.54, 1.807) is 0 Å². The number of hydrogen-bond acceptors (Lipinski definition) is 4. The summed E-state index contributed by atoms with van der Waals surface area (Å²) in [5.41, 5.74) is 0. The Hall–Kier alpha value is -0.910. The molecule has 0 saturated heterocycles. The zero-order chi connectivity index (χ0) is 25.3. The first-order valence-electron chi connectivity index (χ1n) is 14.5. The van der Waals surface area contributed by atoms with E-state index in [-0.39, 0.29) is 12.5 Å². The number of carbonyl (C=O) groups is 1. The summed E-state index contributed by atoms with van der Waals surface area (Å²) in [6.45, 7) is 4.07. The molecule has 0 saturated carbocycles. The molecule has 0 spiro atoms. The molecular formula is C29H57NO4. The highest BCUT2D eigenvalue weighted by atomic mass is 16.3. The number of nitrogens with one attached hydrogen (secondary N) is 1. The van der Waals surface area contributed by atoms with Gasteiger partial charge in [-0.1, -0.05) is 109 Å². The Morgan fingerprint density at radius 1 is 0.706 bits per heavy atom. The van der Waals surface area contributed by atoms with Crippen LogP contribution in [0.2, 0.25) is 0 Å². The molecule has 4 N–H and O–H groups in total. The number of allylic oxidation sites excluding steroid dienone is 2. The van der Waals surface area contributed by atoms with Crippen molar-refractivity contribution in [2.45, 2.75) is 161 Å². The fraction of sp³-hybridized carbons (Fsp3) is 0.897. The van der Waals surface area contributed by atoms with Crippen molar-refractivity contribution >= 4 is 5.91 Å². The number of aliphatic hydroxyl groups is 3. The van der Waals surface area contributed by atoms with Crippen LogP contribution in [0.4, 0.5) is 0 Å². The van der Waals surface area contributed by atoms with Crippen molar-refractivity contribution in [1.29, 1.82) is 0 Å². The lowest BCUT2D eigenvalue weighted by Crippen LogP contribution is -2.50. The number of amides is 1. The summed E-state index contributed by atoms with van der Waals surface area (Å²) in [5.74, 6) is -0.160. The quantitative estimate of drug-likeness (QED) is 0.0871. The Bertz CT molecular complexity index is 469. The standard InChI is InChI=1S/C29H57NO4/c1-3-5-7-9-11-13-14-15-16-18-20-22-24-28(33)30-26(25-31)29(34)27(32)23-21-19-17-12-10-8-6-4-2/h12,17,26-27,29,31-32,34H,3-11,13-16,18-25H2,1-2H3,(H,30,33)/b17-12+. The van der Waals surface area contributed by atoms with Crippen molar-refractivity contribution in [3.63, 3.8) is 0 Å². The summed E-state index contributed by atoms with van der Waals surface area (Å²) < 4.78 is 0. The van der Waals surface area contributed by atoms with Crippen LogP contribution in [0, 0.1) is 0 Å². The van der Waals surface area contributed by atoms with Crippen molar-refractivity contribution in [3.8, 4) is 0 Å². The maximum absolute atomic E-state index is 12.2. The zero-order valence-corrected chi connectivity index (χ0v) is 22.5. The second kappa shape index (κ2) is 25.2. The number of unbranched alkanes of at least 4 members (excludes halogenated alkanes) is 15. The van der Waals surface area contributed by atoms with Crippen LogP contribution in [0.1, 0.15) is 142 Å². The molecule has 3 atom stereocenters. The molecule has 5 nitrogen and oxygen atoms in total. The van der Waals surface area contributed by atoms with Crippen LogP contribution in [0.3, 0.4) is 0 Å².